The standard InChI is InChI=1S/C42H49Cl2N3O6/c1-26-21-35(44)37(22-27(26)2)53-20-19-52-32-13-9-28(10-14-32)33-23-30-24-46(38(48)15-17-42(3,4)41(50)51)25-36(45-30)39(33)40(49)47(31-11-12-31)18-16-29-7-5-6-8-34(29)43/h5-10,13-14,21-22,30-31,36,45H,11-12,15-20,23-25H2,1-4H3,(H,50,51)/t30-,36-/m1/s1. The first-order valence-electron chi connectivity index (χ1n) is 18.5. The molecule has 0 unspecified atom stereocenters. The van der Waals surface area contributed by atoms with Gasteiger partial charge in [-0.3, -0.25) is 14.4 Å². The maximum absolute atomic E-state index is 14.8. The van der Waals surface area contributed by atoms with E-state index in [0.29, 0.717) is 72.8 Å². The van der Waals surface area contributed by atoms with E-state index in [1.165, 1.54) is 0 Å². The number of benzene rings is 3. The maximum Gasteiger partial charge on any atom is 0.309 e. The largest absolute Gasteiger partial charge is 0.490 e. The van der Waals surface area contributed by atoms with E-state index < -0.39 is 11.4 Å². The highest BCUT2D eigenvalue weighted by Crippen LogP contribution is 2.38. The normalized spacial score (nSPS) is 18.5. The average molecular weight is 763 g/mol. The molecule has 2 atom stereocenters. The van der Waals surface area contributed by atoms with Crippen molar-refractivity contribution < 1.29 is 29.0 Å². The summed E-state index contributed by atoms with van der Waals surface area (Å²) in [7, 11) is 0. The molecule has 6 rings (SSSR count). The van der Waals surface area contributed by atoms with Crippen LogP contribution >= 0.6 is 23.2 Å². The van der Waals surface area contributed by atoms with Crippen LogP contribution in [-0.2, 0) is 20.8 Å². The van der Waals surface area contributed by atoms with Crippen LogP contribution in [0.15, 0.2) is 66.2 Å². The highest BCUT2D eigenvalue weighted by Gasteiger charge is 2.43. The number of hydrogen-bond donors (Lipinski definition) is 2. The number of nitrogens with one attached hydrogen (secondary N) is 1. The topological polar surface area (TPSA) is 108 Å². The van der Waals surface area contributed by atoms with Gasteiger partial charge in [0.1, 0.15) is 24.7 Å². The number of piperazine rings is 1. The molecule has 2 bridgehead atoms. The highest BCUT2D eigenvalue weighted by atomic mass is 35.5. The van der Waals surface area contributed by atoms with Crippen molar-refractivity contribution in [3.05, 3.63) is 98.5 Å². The Labute approximate surface area is 322 Å². The minimum atomic E-state index is -1.00. The van der Waals surface area contributed by atoms with Crippen LogP contribution in [0.2, 0.25) is 10.0 Å². The van der Waals surface area contributed by atoms with Gasteiger partial charge in [0.15, 0.2) is 0 Å². The SMILES string of the molecule is Cc1cc(Cl)c(OCCOc2ccc(C3=C(C(=O)N(CCc4ccccc4Cl)C4CC4)[C@H]4CN(C(=O)CCC(C)(C)C(=O)O)C[C@@H](C3)N4)cc2)cc1C. The summed E-state index contributed by atoms with van der Waals surface area (Å²) >= 11 is 12.9. The lowest BCUT2D eigenvalue weighted by molar-refractivity contribution is -0.148. The molecular formula is C42H49Cl2N3O6. The van der Waals surface area contributed by atoms with Gasteiger partial charge in [0.25, 0.3) is 5.91 Å². The van der Waals surface area contributed by atoms with Crippen LogP contribution in [0.3, 0.4) is 0 Å². The van der Waals surface area contributed by atoms with Crippen molar-refractivity contribution in [2.24, 2.45) is 5.41 Å². The summed E-state index contributed by atoms with van der Waals surface area (Å²) in [5, 5.41) is 14.5. The summed E-state index contributed by atoms with van der Waals surface area (Å²) in [6, 6.07) is 19.1. The first-order chi connectivity index (χ1) is 25.3. The number of hydrogen-bond acceptors (Lipinski definition) is 6. The summed E-state index contributed by atoms with van der Waals surface area (Å²) in [4.78, 5) is 43.8. The molecule has 3 aromatic rings. The quantitative estimate of drug-likeness (QED) is 0.154. The van der Waals surface area contributed by atoms with E-state index in [4.69, 9.17) is 32.7 Å². The molecule has 2 heterocycles. The molecule has 1 aliphatic carbocycles. The number of carboxylic acids is 1. The van der Waals surface area contributed by atoms with Crippen LogP contribution in [0, 0.1) is 19.3 Å². The van der Waals surface area contributed by atoms with E-state index in [2.05, 4.69) is 5.32 Å². The van der Waals surface area contributed by atoms with Gasteiger partial charge in [-0.05, 0) is 118 Å². The third-order valence-corrected chi connectivity index (χ3v) is 11.4. The van der Waals surface area contributed by atoms with Crippen LogP contribution in [0.25, 0.3) is 5.57 Å². The van der Waals surface area contributed by atoms with Gasteiger partial charge in [-0.25, -0.2) is 0 Å². The molecule has 0 aromatic heterocycles. The van der Waals surface area contributed by atoms with Gasteiger partial charge >= 0.3 is 5.97 Å². The molecule has 2 N–H and O–H groups in total. The van der Waals surface area contributed by atoms with E-state index in [1.54, 1.807) is 13.8 Å². The molecule has 9 nitrogen and oxygen atoms in total. The second-order valence-corrected chi connectivity index (χ2v) is 16.0. The lowest BCUT2D eigenvalue weighted by Crippen LogP contribution is -2.62. The van der Waals surface area contributed by atoms with Crippen LogP contribution in [0.4, 0.5) is 0 Å². The van der Waals surface area contributed by atoms with Crippen LogP contribution in [0.5, 0.6) is 11.5 Å². The number of nitrogens with zero attached hydrogens (tertiary/aromatic N) is 2. The van der Waals surface area contributed by atoms with Gasteiger partial charge in [-0.1, -0.05) is 53.5 Å². The Morgan fingerprint density at radius 1 is 0.943 bits per heavy atom. The second-order valence-electron chi connectivity index (χ2n) is 15.2. The number of halogens is 2. The number of carboxylic acid groups (broad SMARTS) is 1. The van der Waals surface area contributed by atoms with Crippen LogP contribution in [0.1, 0.15) is 68.2 Å². The van der Waals surface area contributed by atoms with E-state index in [1.807, 2.05) is 84.3 Å². The minimum absolute atomic E-state index is 0.0192. The molecule has 282 valence electrons. The van der Waals surface area contributed by atoms with Crippen molar-refractivity contribution >= 4 is 46.6 Å². The minimum Gasteiger partial charge on any atom is -0.490 e. The molecule has 53 heavy (non-hydrogen) atoms. The molecular weight excluding hydrogens is 713 g/mol. The van der Waals surface area contributed by atoms with E-state index in [9.17, 15) is 19.5 Å². The van der Waals surface area contributed by atoms with Gasteiger partial charge in [0.05, 0.1) is 16.5 Å². The Kier molecular flexibility index (Phi) is 12.1. The Morgan fingerprint density at radius 2 is 1.64 bits per heavy atom. The van der Waals surface area contributed by atoms with Gasteiger partial charge in [0, 0.05) is 48.7 Å². The summed E-state index contributed by atoms with van der Waals surface area (Å²) in [5.74, 6) is 0.285. The number of fused-ring (bicyclic) bond motifs is 2. The molecule has 2 amide bonds. The number of rotatable bonds is 15. The number of aryl methyl sites for hydroxylation is 2. The van der Waals surface area contributed by atoms with E-state index >= 15 is 0 Å². The molecule has 11 heteroatoms. The van der Waals surface area contributed by atoms with Crippen LogP contribution < -0.4 is 14.8 Å². The predicted molar refractivity (Wildman–Crippen MR) is 208 cm³/mol. The highest BCUT2D eigenvalue weighted by molar-refractivity contribution is 6.32. The number of carbonyl (C=O) groups is 3. The summed E-state index contributed by atoms with van der Waals surface area (Å²) < 4.78 is 11.9. The molecule has 2 fully saturated rings. The smallest absolute Gasteiger partial charge is 0.309 e. The van der Waals surface area contributed by atoms with Crippen molar-refractivity contribution in [3.8, 4) is 11.5 Å². The lowest BCUT2D eigenvalue weighted by atomic mass is 9.82. The van der Waals surface area contributed by atoms with E-state index in [-0.39, 0.29) is 42.8 Å². The summed E-state index contributed by atoms with van der Waals surface area (Å²) in [5.41, 5.74) is 4.82. The maximum atomic E-state index is 14.8. The lowest BCUT2D eigenvalue weighted by Gasteiger charge is -2.45. The molecule has 2 aliphatic heterocycles. The Morgan fingerprint density at radius 3 is 2.34 bits per heavy atom. The average Bonchev–Trinajstić information content (AvgIpc) is 3.97. The fraction of sp³-hybridized carbons (Fsp3) is 0.452. The Balaban J connectivity index is 1.21. The zero-order valence-electron chi connectivity index (χ0n) is 30.9. The van der Waals surface area contributed by atoms with Crippen molar-refractivity contribution in [1.82, 2.24) is 15.1 Å². The zero-order valence-corrected chi connectivity index (χ0v) is 32.4. The Bertz CT molecular complexity index is 1870. The third-order valence-electron chi connectivity index (χ3n) is 10.7. The van der Waals surface area contributed by atoms with E-state index in [0.717, 1.165) is 40.7 Å². The molecule has 0 spiro atoms. The first kappa shape index (κ1) is 38.7. The fourth-order valence-corrected chi connectivity index (χ4v) is 7.62. The monoisotopic (exact) mass is 761 g/mol. The van der Waals surface area contributed by atoms with Crippen molar-refractivity contribution in [3.63, 3.8) is 0 Å². The second kappa shape index (κ2) is 16.5. The van der Waals surface area contributed by atoms with Crippen molar-refractivity contribution in [1.29, 1.82) is 0 Å². The molecule has 1 saturated heterocycles. The number of aliphatic carboxylic acids is 1. The summed E-state index contributed by atoms with van der Waals surface area (Å²) in [6.07, 6.45) is 3.48. The van der Waals surface area contributed by atoms with Crippen molar-refractivity contribution in [2.45, 2.75) is 84.3 Å². The summed E-state index contributed by atoms with van der Waals surface area (Å²) in [6.45, 7) is 9.33. The zero-order chi connectivity index (χ0) is 37.9. The van der Waals surface area contributed by atoms with Gasteiger partial charge in [-0.15, -0.1) is 0 Å². The number of carbonyl (C=O) groups excluding carboxylic acids is 2. The number of ether oxygens (including phenoxy) is 2. The Hall–Kier alpha value is -4.05. The molecule has 3 aliphatic rings. The number of amides is 2. The van der Waals surface area contributed by atoms with Gasteiger partial charge in [0.2, 0.25) is 5.91 Å². The fourth-order valence-electron chi connectivity index (χ4n) is 7.12. The van der Waals surface area contributed by atoms with Gasteiger partial charge < -0.3 is 29.7 Å². The van der Waals surface area contributed by atoms with Crippen LogP contribution in [-0.4, -0.2) is 83.7 Å². The third kappa shape index (κ3) is 9.37. The molecule has 1 saturated carbocycles. The predicted octanol–water partition coefficient (Wildman–Crippen LogP) is 7.52. The van der Waals surface area contributed by atoms with Crippen molar-refractivity contribution in [2.75, 3.05) is 32.8 Å². The first-order valence-corrected chi connectivity index (χ1v) is 19.2. The van der Waals surface area contributed by atoms with Gasteiger partial charge in [-0.2, -0.15) is 0 Å². The molecule has 0 radical (unpaired) electrons. The molecule has 3 aromatic carbocycles.